The molecule has 0 bridgehead atoms. The molecule has 0 unspecified atom stereocenters. The lowest BCUT2D eigenvalue weighted by molar-refractivity contribution is -0.925. The quantitative estimate of drug-likeness (QED) is 0.563. The Hall–Kier alpha value is -0.170. The minimum atomic E-state index is -4.67. The van der Waals surface area contributed by atoms with Crippen LogP contribution in [0.2, 0.25) is 0 Å². The molecular weight excluding hydrogens is 230 g/mol. The molecule has 0 radical (unpaired) electrons. The molecule has 0 aliphatic rings. The van der Waals surface area contributed by atoms with Crippen molar-refractivity contribution in [1.82, 2.24) is 0 Å². The molecule has 0 saturated carbocycles. The van der Waals surface area contributed by atoms with E-state index in [4.69, 9.17) is 17.5 Å². The van der Waals surface area contributed by atoms with Gasteiger partial charge in [-0.2, -0.15) is 8.42 Å². The first-order chi connectivity index (χ1) is 7.24. The van der Waals surface area contributed by atoms with Crippen LogP contribution in [0.5, 0.6) is 0 Å². The SMILES string of the molecule is CCC[N+](CC)(CC)CCC.O=S(=O)(O)O. The molecule has 5 nitrogen and oxygen atoms in total. The molecule has 0 aliphatic carbocycles. The number of rotatable bonds is 6. The van der Waals surface area contributed by atoms with Crippen LogP contribution in [0.25, 0.3) is 0 Å². The molecule has 0 heterocycles. The first-order valence-electron chi connectivity index (χ1n) is 5.79. The molecule has 0 spiro atoms. The molecule has 16 heavy (non-hydrogen) atoms. The molecule has 0 amide bonds. The highest BCUT2D eigenvalue weighted by atomic mass is 32.3. The molecule has 0 rings (SSSR count). The summed E-state index contributed by atoms with van der Waals surface area (Å²) in [7, 11) is -4.67. The average molecular weight is 256 g/mol. The van der Waals surface area contributed by atoms with Gasteiger partial charge in [-0.25, -0.2) is 0 Å². The van der Waals surface area contributed by atoms with E-state index in [1.807, 2.05) is 0 Å². The molecule has 0 aromatic carbocycles. The van der Waals surface area contributed by atoms with Crippen LogP contribution in [0.4, 0.5) is 0 Å². The van der Waals surface area contributed by atoms with Crippen molar-refractivity contribution in [3.05, 3.63) is 0 Å². The number of quaternary nitrogens is 1. The zero-order valence-electron chi connectivity index (χ0n) is 10.8. The monoisotopic (exact) mass is 256 g/mol. The van der Waals surface area contributed by atoms with Crippen LogP contribution >= 0.6 is 0 Å². The molecule has 0 aliphatic heterocycles. The highest BCUT2D eigenvalue weighted by Crippen LogP contribution is 2.08. The summed E-state index contributed by atoms with van der Waals surface area (Å²) in [5.41, 5.74) is 0. The predicted octanol–water partition coefficient (Wildman–Crippen LogP) is 2.01. The van der Waals surface area contributed by atoms with E-state index in [2.05, 4.69) is 27.7 Å². The predicted molar refractivity (Wildman–Crippen MR) is 65.8 cm³/mol. The average Bonchev–Trinajstić information content (AvgIpc) is 2.15. The van der Waals surface area contributed by atoms with E-state index in [0.717, 1.165) is 0 Å². The Bertz CT molecular complexity index is 232. The third-order valence-corrected chi connectivity index (χ3v) is 2.74. The van der Waals surface area contributed by atoms with Crippen molar-refractivity contribution in [2.75, 3.05) is 26.2 Å². The van der Waals surface area contributed by atoms with Crippen LogP contribution in [0.1, 0.15) is 40.5 Å². The van der Waals surface area contributed by atoms with E-state index in [0.29, 0.717) is 0 Å². The molecule has 0 saturated heterocycles. The van der Waals surface area contributed by atoms with Gasteiger partial charge in [0, 0.05) is 0 Å². The summed E-state index contributed by atoms with van der Waals surface area (Å²) >= 11 is 0. The smallest absolute Gasteiger partial charge is 0.324 e. The van der Waals surface area contributed by atoms with Crippen molar-refractivity contribution in [3.63, 3.8) is 0 Å². The maximum absolute atomic E-state index is 8.74. The van der Waals surface area contributed by atoms with Crippen molar-refractivity contribution in [2.45, 2.75) is 40.5 Å². The minimum Gasteiger partial charge on any atom is -0.324 e. The second-order valence-electron chi connectivity index (χ2n) is 3.87. The van der Waals surface area contributed by atoms with E-state index in [1.54, 1.807) is 0 Å². The van der Waals surface area contributed by atoms with Crippen molar-refractivity contribution < 1.29 is 22.0 Å². The fourth-order valence-electron chi connectivity index (χ4n) is 1.92. The van der Waals surface area contributed by atoms with Crippen molar-refractivity contribution in [2.24, 2.45) is 0 Å². The summed E-state index contributed by atoms with van der Waals surface area (Å²) < 4.78 is 32.9. The summed E-state index contributed by atoms with van der Waals surface area (Å²) in [5, 5.41) is 0. The van der Waals surface area contributed by atoms with Crippen LogP contribution in [0, 0.1) is 0 Å². The molecule has 0 atom stereocenters. The Morgan fingerprint density at radius 2 is 1.12 bits per heavy atom. The van der Waals surface area contributed by atoms with Gasteiger partial charge in [0.25, 0.3) is 0 Å². The van der Waals surface area contributed by atoms with Gasteiger partial charge in [-0.05, 0) is 26.7 Å². The molecule has 6 heteroatoms. The Kier molecular flexibility index (Phi) is 10.2. The standard InChI is InChI=1S/C10H24N.H2O4S/c1-5-9-11(7-3,8-4)10-6-2;1-5(2,3)4/h5-10H2,1-4H3;(H2,1,2,3,4)/q+1;. The van der Waals surface area contributed by atoms with Crippen molar-refractivity contribution >= 4 is 10.4 Å². The molecular formula is C10H26NO4S+. The second-order valence-corrected chi connectivity index (χ2v) is 4.76. The Morgan fingerprint density at radius 1 is 0.875 bits per heavy atom. The molecule has 100 valence electrons. The summed E-state index contributed by atoms with van der Waals surface area (Å²) in [6, 6.07) is 0. The van der Waals surface area contributed by atoms with E-state index in [1.165, 1.54) is 43.5 Å². The van der Waals surface area contributed by atoms with Crippen LogP contribution in [-0.4, -0.2) is 48.2 Å². The minimum absolute atomic E-state index is 1.30. The van der Waals surface area contributed by atoms with Crippen LogP contribution in [-0.2, 0) is 10.4 Å². The van der Waals surface area contributed by atoms with Gasteiger partial charge < -0.3 is 4.48 Å². The van der Waals surface area contributed by atoms with Gasteiger partial charge in [0.2, 0.25) is 0 Å². The van der Waals surface area contributed by atoms with Gasteiger partial charge in [-0.1, -0.05) is 13.8 Å². The fraction of sp³-hybridized carbons (Fsp3) is 1.00. The zero-order valence-corrected chi connectivity index (χ0v) is 11.6. The Morgan fingerprint density at radius 3 is 1.25 bits per heavy atom. The lowest BCUT2D eigenvalue weighted by Crippen LogP contribution is -2.48. The van der Waals surface area contributed by atoms with Crippen molar-refractivity contribution in [3.8, 4) is 0 Å². The molecule has 0 fully saturated rings. The summed E-state index contributed by atoms with van der Waals surface area (Å²) in [4.78, 5) is 0. The summed E-state index contributed by atoms with van der Waals surface area (Å²) in [6.07, 6.45) is 2.64. The molecule has 2 N–H and O–H groups in total. The lowest BCUT2D eigenvalue weighted by Gasteiger charge is -2.36. The lowest BCUT2D eigenvalue weighted by atomic mass is 10.2. The van der Waals surface area contributed by atoms with Crippen LogP contribution in [0.15, 0.2) is 0 Å². The largest absolute Gasteiger partial charge is 0.394 e. The maximum Gasteiger partial charge on any atom is 0.394 e. The number of nitrogens with zero attached hydrogens (tertiary/aromatic N) is 1. The number of hydrogen-bond acceptors (Lipinski definition) is 2. The normalized spacial score (nSPS) is 11.9. The van der Waals surface area contributed by atoms with Gasteiger partial charge >= 0.3 is 10.4 Å². The molecule has 0 aromatic rings. The van der Waals surface area contributed by atoms with E-state index >= 15 is 0 Å². The highest BCUT2D eigenvalue weighted by molar-refractivity contribution is 7.79. The Labute approximate surface area is 99.6 Å². The first-order valence-corrected chi connectivity index (χ1v) is 7.19. The van der Waals surface area contributed by atoms with E-state index in [-0.39, 0.29) is 0 Å². The topological polar surface area (TPSA) is 74.6 Å². The summed E-state index contributed by atoms with van der Waals surface area (Å²) in [6.45, 7) is 14.5. The highest BCUT2D eigenvalue weighted by Gasteiger charge is 2.19. The molecule has 0 aromatic heterocycles. The van der Waals surface area contributed by atoms with Crippen LogP contribution in [0.3, 0.4) is 0 Å². The van der Waals surface area contributed by atoms with E-state index in [9.17, 15) is 0 Å². The fourth-order valence-corrected chi connectivity index (χ4v) is 1.92. The number of hydrogen-bond donors (Lipinski definition) is 2. The van der Waals surface area contributed by atoms with E-state index < -0.39 is 10.4 Å². The summed E-state index contributed by atoms with van der Waals surface area (Å²) in [5.74, 6) is 0. The van der Waals surface area contributed by atoms with Crippen molar-refractivity contribution in [1.29, 1.82) is 0 Å². The third kappa shape index (κ3) is 11.9. The van der Waals surface area contributed by atoms with Gasteiger partial charge in [-0.3, -0.25) is 9.11 Å². The zero-order chi connectivity index (χ0) is 13.2. The Balaban J connectivity index is 0. The van der Waals surface area contributed by atoms with Crippen LogP contribution < -0.4 is 0 Å². The first kappa shape index (κ1) is 18.2. The van der Waals surface area contributed by atoms with Gasteiger partial charge in [-0.15, -0.1) is 0 Å². The maximum atomic E-state index is 8.74. The van der Waals surface area contributed by atoms with Gasteiger partial charge in [0.1, 0.15) is 0 Å². The second kappa shape index (κ2) is 8.92. The third-order valence-electron chi connectivity index (χ3n) is 2.74. The van der Waals surface area contributed by atoms with Gasteiger partial charge in [0.05, 0.1) is 26.2 Å². The van der Waals surface area contributed by atoms with Gasteiger partial charge in [0.15, 0.2) is 0 Å².